The molecule has 0 radical (unpaired) electrons. The van der Waals surface area contributed by atoms with Crippen LogP contribution in [-0.2, 0) is 16.0 Å². The van der Waals surface area contributed by atoms with Gasteiger partial charge in [0.15, 0.2) is 0 Å². The third kappa shape index (κ3) is 7.56. The molecule has 1 saturated carbocycles. The summed E-state index contributed by atoms with van der Waals surface area (Å²) in [6.45, 7) is 6.94. The van der Waals surface area contributed by atoms with Gasteiger partial charge < -0.3 is 19.5 Å². The predicted molar refractivity (Wildman–Crippen MR) is 144 cm³/mol. The number of hydrogen-bond acceptors (Lipinski definition) is 5. The van der Waals surface area contributed by atoms with Crippen LogP contribution in [0.3, 0.4) is 0 Å². The Morgan fingerprint density at radius 1 is 1.05 bits per heavy atom. The molecule has 1 heterocycles. The van der Waals surface area contributed by atoms with Crippen molar-refractivity contribution in [3.63, 3.8) is 0 Å². The van der Waals surface area contributed by atoms with E-state index in [1.807, 2.05) is 13.0 Å². The lowest BCUT2D eigenvalue weighted by molar-refractivity contribution is -0.130. The zero-order valence-corrected chi connectivity index (χ0v) is 22.7. The molecule has 7 heteroatoms. The van der Waals surface area contributed by atoms with Gasteiger partial charge in [-0.3, -0.25) is 9.59 Å². The van der Waals surface area contributed by atoms with Crippen LogP contribution in [0.4, 0.5) is 4.39 Å². The average Bonchev–Trinajstić information content (AvgIpc) is 3.26. The van der Waals surface area contributed by atoms with E-state index in [1.165, 1.54) is 12.1 Å². The van der Waals surface area contributed by atoms with Crippen molar-refractivity contribution in [1.82, 2.24) is 4.90 Å². The fraction of sp³-hybridized carbons (Fsp3) is 0.548. The fourth-order valence-corrected chi connectivity index (χ4v) is 5.76. The Kier molecular flexibility index (Phi) is 9.08. The molecule has 2 aromatic carbocycles. The van der Waals surface area contributed by atoms with Crippen LogP contribution in [0.2, 0.25) is 0 Å². The van der Waals surface area contributed by atoms with Crippen LogP contribution >= 0.6 is 0 Å². The molecule has 1 saturated heterocycles. The number of β-amino-alcohol motifs (C(OH)–C–C–N with tert-alkyl or cyclic N) is 1. The zero-order valence-electron chi connectivity index (χ0n) is 22.7. The number of benzene rings is 2. The first-order valence-electron chi connectivity index (χ1n) is 13.9. The van der Waals surface area contributed by atoms with E-state index in [0.29, 0.717) is 61.3 Å². The van der Waals surface area contributed by atoms with Gasteiger partial charge in [-0.05, 0) is 86.4 Å². The SMILES string of the molecule is CCC(=O)C1CCC(Oc2cc(CC(=O)N3CCC(O)(CC(C)C)C3)cc(Oc3ccc(F)cc3)c2)CC1. The molecule has 1 N–H and O–H groups in total. The second-order valence-electron chi connectivity index (χ2n) is 11.3. The molecule has 1 aliphatic carbocycles. The molecule has 1 unspecified atom stereocenters. The van der Waals surface area contributed by atoms with Gasteiger partial charge in [0, 0.05) is 31.5 Å². The Balaban J connectivity index is 1.48. The minimum Gasteiger partial charge on any atom is -0.490 e. The van der Waals surface area contributed by atoms with Crippen LogP contribution in [0.15, 0.2) is 42.5 Å². The molecule has 0 bridgehead atoms. The van der Waals surface area contributed by atoms with Gasteiger partial charge in [0.25, 0.3) is 0 Å². The number of ketones is 1. The number of amides is 1. The molecule has 2 aliphatic rings. The summed E-state index contributed by atoms with van der Waals surface area (Å²) >= 11 is 0. The standard InChI is InChI=1S/C31H40FNO5/c1-4-29(34)23-5-9-25(10-6-23)37-27-15-22(16-28(18-27)38-26-11-7-24(32)8-12-26)17-30(35)33-14-13-31(36,20-33)19-21(2)3/h7-8,11-12,15-16,18,21,23,25,36H,4-6,9-10,13-14,17,19-20H2,1-3H3. The van der Waals surface area contributed by atoms with Crippen molar-refractivity contribution in [2.45, 2.75) is 83.8 Å². The van der Waals surface area contributed by atoms with Crippen molar-refractivity contribution < 1.29 is 28.6 Å². The second-order valence-corrected chi connectivity index (χ2v) is 11.3. The van der Waals surface area contributed by atoms with Crippen LogP contribution in [0, 0.1) is 17.7 Å². The summed E-state index contributed by atoms with van der Waals surface area (Å²) in [6.07, 6.45) is 5.22. The van der Waals surface area contributed by atoms with E-state index >= 15 is 0 Å². The maximum atomic E-state index is 13.4. The summed E-state index contributed by atoms with van der Waals surface area (Å²) in [6, 6.07) is 11.2. The first kappa shape index (κ1) is 28.1. The van der Waals surface area contributed by atoms with Crippen molar-refractivity contribution in [2.75, 3.05) is 13.1 Å². The van der Waals surface area contributed by atoms with Crippen molar-refractivity contribution >= 4 is 11.7 Å². The summed E-state index contributed by atoms with van der Waals surface area (Å²) in [7, 11) is 0. The lowest BCUT2D eigenvalue weighted by atomic mass is 9.84. The van der Waals surface area contributed by atoms with Gasteiger partial charge in [-0.25, -0.2) is 4.39 Å². The number of hydrogen-bond donors (Lipinski definition) is 1. The van der Waals surface area contributed by atoms with Gasteiger partial charge >= 0.3 is 0 Å². The summed E-state index contributed by atoms with van der Waals surface area (Å²) < 4.78 is 25.7. The van der Waals surface area contributed by atoms with Crippen LogP contribution in [0.1, 0.15) is 71.3 Å². The van der Waals surface area contributed by atoms with Gasteiger partial charge in [-0.15, -0.1) is 0 Å². The number of aliphatic hydroxyl groups is 1. The quantitative estimate of drug-likeness (QED) is 0.406. The molecule has 0 aromatic heterocycles. The van der Waals surface area contributed by atoms with Gasteiger partial charge in [-0.2, -0.15) is 0 Å². The molecule has 4 rings (SSSR count). The first-order valence-corrected chi connectivity index (χ1v) is 13.9. The number of carbonyl (C=O) groups excluding carboxylic acids is 2. The van der Waals surface area contributed by atoms with E-state index in [2.05, 4.69) is 13.8 Å². The Bertz CT molecular complexity index is 1110. The van der Waals surface area contributed by atoms with Crippen molar-refractivity contribution in [3.8, 4) is 17.2 Å². The van der Waals surface area contributed by atoms with Gasteiger partial charge in [-0.1, -0.05) is 20.8 Å². The maximum Gasteiger partial charge on any atom is 0.227 e. The molecule has 0 spiro atoms. The highest BCUT2D eigenvalue weighted by atomic mass is 19.1. The van der Waals surface area contributed by atoms with Gasteiger partial charge in [0.2, 0.25) is 5.91 Å². The monoisotopic (exact) mass is 525 g/mol. The van der Waals surface area contributed by atoms with Crippen LogP contribution in [0.5, 0.6) is 17.2 Å². The highest BCUT2D eigenvalue weighted by molar-refractivity contribution is 5.80. The molecular formula is C31H40FNO5. The summed E-state index contributed by atoms with van der Waals surface area (Å²) in [5.74, 6) is 1.99. The first-order chi connectivity index (χ1) is 18.1. The Hall–Kier alpha value is -2.93. The predicted octanol–water partition coefficient (Wildman–Crippen LogP) is 6.09. The molecule has 1 aliphatic heterocycles. The maximum absolute atomic E-state index is 13.4. The number of carbonyl (C=O) groups is 2. The summed E-state index contributed by atoms with van der Waals surface area (Å²) in [5.41, 5.74) is -0.0809. The molecule has 206 valence electrons. The second kappa shape index (κ2) is 12.3. The van der Waals surface area contributed by atoms with E-state index in [0.717, 1.165) is 31.2 Å². The minimum absolute atomic E-state index is 0.00912. The van der Waals surface area contributed by atoms with Crippen molar-refractivity contribution in [3.05, 3.63) is 53.8 Å². The number of halogens is 1. The fourth-order valence-electron chi connectivity index (χ4n) is 5.76. The number of Topliss-reactive ketones (excluding diaryl/α,β-unsaturated/α-hetero) is 1. The molecule has 6 nitrogen and oxygen atoms in total. The molecule has 2 fully saturated rings. The van der Waals surface area contributed by atoms with E-state index < -0.39 is 5.60 Å². The van der Waals surface area contributed by atoms with Crippen LogP contribution < -0.4 is 9.47 Å². The lowest BCUT2D eigenvalue weighted by Gasteiger charge is -2.28. The van der Waals surface area contributed by atoms with Crippen LogP contribution in [-0.4, -0.2) is 46.5 Å². The molecule has 2 aromatic rings. The molecule has 1 atom stereocenters. The minimum atomic E-state index is -0.830. The highest BCUT2D eigenvalue weighted by Gasteiger charge is 2.38. The van der Waals surface area contributed by atoms with E-state index in [1.54, 1.807) is 29.2 Å². The van der Waals surface area contributed by atoms with Crippen LogP contribution in [0.25, 0.3) is 0 Å². The smallest absolute Gasteiger partial charge is 0.227 e. The molecular weight excluding hydrogens is 485 g/mol. The average molecular weight is 526 g/mol. The van der Waals surface area contributed by atoms with Crippen molar-refractivity contribution in [2.24, 2.45) is 11.8 Å². The van der Waals surface area contributed by atoms with Gasteiger partial charge in [0.05, 0.1) is 18.1 Å². The van der Waals surface area contributed by atoms with Gasteiger partial charge in [0.1, 0.15) is 28.8 Å². The Morgan fingerprint density at radius 2 is 1.74 bits per heavy atom. The van der Waals surface area contributed by atoms with E-state index in [9.17, 15) is 19.1 Å². The molecule has 38 heavy (non-hydrogen) atoms. The normalized spacial score (nSPS) is 23.5. The highest BCUT2D eigenvalue weighted by Crippen LogP contribution is 2.33. The van der Waals surface area contributed by atoms with Crippen molar-refractivity contribution in [1.29, 1.82) is 0 Å². The largest absolute Gasteiger partial charge is 0.490 e. The third-order valence-corrected chi connectivity index (χ3v) is 7.60. The topological polar surface area (TPSA) is 76.1 Å². The lowest BCUT2D eigenvalue weighted by Crippen LogP contribution is -2.37. The Morgan fingerprint density at radius 3 is 2.39 bits per heavy atom. The number of ether oxygens (including phenoxy) is 2. The summed E-state index contributed by atoms with van der Waals surface area (Å²) in [4.78, 5) is 27.0. The third-order valence-electron chi connectivity index (χ3n) is 7.60. The number of likely N-dealkylation sites (tertiary alicyclic amines) is 1. The Labute approximate surface area is 225 Å². The zero-order chi connectivity index (χ0) is 27.3. The van der Waals surface area contributed by atoms with E-state index in [4.69, 9.17) is 9.47 Å². The summed E-state index contributed by atoms with van der Waals surface area (Å²) in [5, 5.41) is 10.9. The molecule has 1 amide bonds. The number of nitrogens with zero attached hydrogens (tertiary/aromatic N) is 1. The number of rotatable bonds is 10. The van der Waals surface area contributed by atoms with E-state index in [-0.39, 0.29) is 30.2 Å².